The minimum absolute atomic E-state index is 0.868. The standard InChI is InChI=1S/C10H20BrNO/c1-2-12(6-5-11)9-10-3-7-13-8-4-10/h10H,2-9H2,1H3. The second-order valence-corrected chi connectivity index (χ2v) is 4.43. The second-order valence-electron chi connectivity index (χ2n) is 3.64. The smallest absolute Gasteiger partial charge is 0.0469 e. The molecule has 0 atom stereocenters. The molecule has 0 amide bonds. The molecule has 0 radical (unpaired) electrons. The minimum atomic E-state index is 0.868. The van der Waals surface area contributed by atoms with E-state index in [1.165, 1.54) is 32.5 Å². The SMILES string of the molecule is CCN(CCBr)CC1CCOCC1. The summed E-state index contributed by atoms with van der Waals surface area (Å²) in [6, 6.07) is 0. The zero-order valence-electron chi connectivity index (χ0n) is 8.47. The second kappa shape index (κ2) is 6.80. The van der Waals surface area contributed by atoms with Crippen molar-refractivity contribution in [2.45, 2.75) is 19.8 Å². The van der Waals surface area contributed by atoms with Crippen LogP contribution in [0.25, 0.3) is 0 Å². The lowest BCUT2D eigenvalue weighted by molar-refractivity contribution is 0.0540. The molecule has 0 saturated carbocycles. The van der Waals surface area contributed by atoms with Crippen LogP contribution in [0.4, 0.5) is 0 Å². The molecule has 0 bridgehead atoms. The number of nitrogens with zero attached hydrogens (tertiary/aromatic N) is 1. The highest BCUT2D eigenvalue weighted by Gasteiger charge is 2.16. The van der Waals surface area contributed by atoms with Gasteiger partial charge in [0, 0.05) is 31.6 Å². The molecule has 1 aliphatic heterocycles. The maximum Gasteiger partial charge on any atom is 0.0469 e. The molecular formula is C10H20BrNO. The fraction of sp³-hybridized carbons (Fsp3) is 1.00. The Morgan fingerprint density at radius 3 is 2.62 bits per heavy atom. The maximum absolute atomic E-state index is 5.35. The third-order valence-electron chi connectivity index (χ3n) is 2.71. The van der Waals surface area contributed by atoms with Gasteiger partial charge >= 0.3 is 0 Å². The van der Waals surface area contributed by atoms with Crippen LogP contribution >= 0.6 is 15.9 Å². The van der Waals surface area contributed by atoms with E-state index in [1.807, 2.05) is 0 Å². The molecule has 0 spiro atoms. The molecule has 1 saturated heterocycles. The monoisotopic (exact) mass is 249 g/mol. The van der Waals surface area contributed by atoms with Gasteiger partial charge in [-0.3, -0.25) is 0 Å². The molecular weight excluding hydrogens is 230 g/mol. The van der Waals surface area contributed by atoms with Gasteiger partial charge < -0.3 is 9.64 Å². The summed E-state index contributed by atoms with van der Waals surface area (Å²) in [5, 5.41) is 1.09. The Morgan fingerprint density at radius 2 is 2.08 bits per heavy atom. The van der Waals surface area contributed by atoms with Crippen LogP contribution in [0.3, 0.4) is 0 Å². The van der Waals surface area contributed by atoms with Gasteiger partial charge in [-0.05, 0) is 25.3 Å². The molecule has 1 fully saturated rings. The summed E-state index contributed by atoms with van der Waals surface area (Å²) in [6.45, 7) is 7.78. The molecule has 0 unspecified atom stereocenters. The fourth-order valence-corrected chi connectivity index (χ4v) is 2.29. The molecule has 0 N–H and O–H groups in total. The van der Waals surface area contributed by atoms with Crippen LogP contribution in [0, 0.1) is 5.92 Å². The zero-order valence-corrected chi connectivity index (χ0v) is 10.1. The minimum Gasteiger partial charge on any atom is -0.381 e. The van der Waals surface area contributed by atoms with Gasteiger partial charge in [-0.15, -0.1) is 0 Å². The van der Waals surface area contributed by atoms with Crippen molar-refractivity contribution in [1.29, 1.82) is 0 Å². The van der Waals surface area contributed by atoms with Gasteiger partial charge in [0.05, 0.1) is 0 Å². The Balaban J connectivity index is 2.18. The summed E-state index contributed by atoms with van der Waals surface area (Å²) < 4.78 is 5.35. The fourth-order valence-electron chi connectivity index (χ4n) is 1.79. The van der Waals surface area contributed by atoms with Gasteiger partial charge in [-0.1, -0.05) is 22.9 Å². The van der Waals surface area contributed by atoms with Crippen LogP contribution in [0.2, 0.25) is 0 Å². The van der Waals surface area contributed by atoms with Crippen LogP contribution in [-0.4, -0.2) is 43.1 Å². The van der Waals surface area contributed by atoms with Crippen LogP contribution < -0.4 is 0 Å². The highest BCUT2D eigenvalue weighted by Crippen LogP contribution is 2.15. The van der Waals surface area contributed by atoms with Crippen molar-refractivity contribution < 1.29 is 4.74 Å². The first-order chi connectivity index (χ1) is 6.36. The molecule has 3 heteroatoms. The van der Waals surface area contributed by atoms with Gasteiger partial charge in [0.15, 0.2) is 0 Å². The highest BCUT2D eigenvalue weighted by molar-refractivity contribution is 9.09. The quantitative estimate of drug-likeness (QED) is 0.693. The lowest BCUT2D eigenvalue weighted by Crippen LogP contribution is -2.33. The number of rotatable bonds is 5. The predicted octanol–water partition coefficient (Wildman–Crippen LogP) is 2.13. The Hall–Kier alpha value is 0.400. The van der Waals surface area contributed by atoms with Crippen molar-refractivity contribution in [3.05, 3.63) is 0 Å². The molecule has 0 aromatic rings. The summed E-state index contributed by atoms with van der Waals surface area (Å²) in [5.41, 5.74) is 0. The normalized spacial score (nSPS) is 19.6. The average Bonchev–Trinajstić information content (AvgIpc) is 2.19. The van der Waals surface area contributed by atoms with E-state index in [-0.39, 0.29) is 0 Å². The largest absolute Gasteiger partial charge is 0.381 e. The number of hydrogen-bond acceptors (Lipinski definition) is 2. The zero-order chi connectivity index (χ0) is 9.52. The van der Waals surface area contributed by atoms with Crippen molar-refractivity contribution in [1.82, 2.24) is 4.90 Å². The summed E-state index contributed by atoms with van der Waals surface area (Å²) in [7, 11) is 0. The van der Waals surface area contributed by atoms with Gasteiger partial charge in [0.2, 0.25) is 0 Å². The van der Waals surface area contributed by atoms with Crippen molar-refractivity contribution in [2.75, 3.05) is 38.2 Å². The van der Waals surface area contributed by atoms with E-state index in [0.717, 1.165) is 24.5 Å². The summed E-state index contributed by atoms with van der Waals surface area (Å²) in [6.07, 6.45) is 2.50. The molecule has 1 aliphatic rings. The van der Waals surface area contributed by atoms with E-state index in [2.05, 4.69) is 27.8 Å². The summed E-state index contributed by atoms with van der Waals surface area (Å²) >= 11 is 3.49. The Bertz CT molecular complexity index is 123. The molecule has 78 valence electrons. The molecule has 1 rings (SSSR count). The first-order valence-corrected chi connectivity index (χ1v) is 6.35. The molecule has 13 heavy (non-hydrogen) atoms. The van der Waals surface area contributed by atoms with Gasteiger partial charge in [-0.2, -0.15) is 0 Å². The lowest BCUT2D eigenvalue weighted by Gasteiger charge is -2.28. The number of hydrogen-bond donors (Lipinski definition) is 0. The van der Waals surface area contributed by atoms with E-state index in [1.54, 1.807) is 0 Å². The first kappa shape index (κ1) is 11.5. The topological polar surface area (TPSA) is 12.5 Å². The highest BCUT2D eigenvalue weighted by atomic mass is 79.9. The molecule has 0 aromatic carbocycles. The van der Waals surface area contributed by atoms with Gasteiger partial charge in [0.25, 0.3) is 0 Å². The molecule has 0 aromatic heterocycles. The van der Waals surface area contributed by atoms with Gasteiger partial charge in [-0.25, -0.2) is 0 Å². The van der Waals surface area contributed by atoms with Crippen LogP contribution in [0.5, 0.6) is 0 Å². The van der Waals surface area contributed by atoms with Gasteiger partial charge in [0.1, 0.15) is 0 Å². The molecule has 1 heterocycles. The third kappa shape index (κ3) is 4.43. The predicted molar refractivity (Wildman–Crippen MR) is 59.5 cm³/mol. The number of alkyl halides is 1. The van der Waals surface area contributed by atoms with Crippen molar-refractivity contribution in [3.63, 3.8) is 0 Å². The Labute approximate surface area is 89.8 Å². The number of halogens is 1. The Kier molecular flexibility index (Phi) is 6.00. The summed E-state index contributed by atoms with van der Waals surface area (Å²) in [4.78, 5) is 2.52. The molecule has 0 aliphatic carbocycles. The maximum atomic E-state index is 5.35. The van der Waals surface area contributed by atoms with Crippen molar-refractivity contribution >= 4 is 15.9 Å². The first-order valence-electron chi connectivity index (χ1n) is 5.23. The van der Waals surface area contributed by atoms with E-state index < -0.39 is 0 Å². The third-order valence-corrected chi connectivity index (χ3v) is 3.06. The van der Waals surface area contributed by atoms with Crippen molar-refractivity contribution in [3.8, 4) is 0 Å². The van der Waals surface area contributed by atoms with E-state index in [0.29, 0.717) is 0 Å². The van der Waals surface area contributed by atoms with E-state index >= 15 is 0 Å². The average molecular weight is 250 g/mol. The lowest BCUT2D eigenvalue weighted by atomic mass is 10.00. The van der Waals surface area contributed by atoms with Crippen LogP contribution in [-0.2, 0) is 4.74 Å². The van der Waals surface area contributed by atoms with E-state index in [9.17, 15) is 0 Å². The van der Waals surface area contributed by atoms with Crippen molar-refractivity contribution in [2.24, 2.45) is 5.92 Å². The van der Waals surface area contributed by atoms with Crippen LogP contribution in [0.15, 0.2) is 0 Å². The van der Waals surface area contributed by atoms with E-state index in [4.69, 9.17) is 4.74 Å². The molecule has 2 nitrogen and oxygen atoms in total. The summed E-state index contributed by atoms with van der Waals surface area (Å²) in [5.74, 6) is 0.868. The number of ether oxygens (including phenoxy) is 1. The Morgan fingerprint density at radius 1 is 1.38 bits per heavy atom. The van der Waals surface area contributed by atoms with Crippen LogP contribution in [0.1, 0.15) is 19.8 Å².